The fourth-order valence-electron chi connectivity index (χ4n) is 3.28. The van der Waals surface area contributed by atoms with Crippen LogP contribution in [0.5, 0.6) is 0 Å². The Kier molecular flexibility index (Phi) is 4.91. The first-order valence-corrected chi connectivity index (χ1v) is 9.33. The molecule has 138 valence electrons. The number of hydrogen-bond acceptors (Lipinski definition) is 5. The van der Waals surface area contributed by atoms with Gasteiger partial charge in [-0.15, -0.1) is 10.2 Å². The van der Waals surface area contributed by atoms with Gasteiger partial charge in [0.1, 0.15) is 11.5 Å². The molecule has 1 amide bonds. The van der Waals surface area contributed by atoms with Gasteiger partial charge in [-0.05, 0) is 44.0 Å². The van der Waals surface area contributed by atoms with E-state index in [1.54, 1.807) is 6.20 Å². The SMILES string of the molecule is Cc1cnc(C(=O)Nc2ccc(-c3nnc4n3CCCCCC4)cc2)cn1. The second-order valence-electron chi connectivity index (χ2n) is 6.83. The van der Waals surface area contributed by atoms with Crippen molar-refractivity contribution in [1.82, 2.24) is 24.7 Å². The number of amides is 1. The largest absolute Gasteiger partial charge is 0.321 e. The molecule has 1 aromatic carbocycles. The van der Waals surface area contributed by atoms with Gasteiger partial charge in [-0.2, -0.15) is 0 Å². The molecule has 27 heavy (non-hydrogen) atoms. The summed E-state index contributed by atoms with van der Waals surface area (Å²) in [6.45, 7) is 2.79. The summed E-state index contributed by atoms with van der Waals surface area (Å²) in [7, 11) is 0. The van der Waals surface area contributed by atoms with Gasteiger partial charge in [0.2, 0.25) is 0 Å². The van der Waals surface area contributed by atoms with Crippen molar-refractivity contribution < 1.29 is 4.79 Å². The fraction of sp³-hybridized carbons (Fsp3) is 0.350. The Hall–Kier alpha value is -3.09. The molecule has 0 atom stereocenters. The molecular weight excluding hydrogens is 340 g/mol. The maximum atomic E-state index is 12.3. The number of carbonyl (C=O) groups is 1. The first kappa shape index (κ1) is 17.3. The van der Waals surface area contributed by atoms with Crippen molar-refractivity contribution in [2.24, 2.45) is 0 Å². The van der Waals surface area contributed by atoms with Crippen LogP contribution in [-0.4, -0.2) is 30.6 Å². The van der Waals surface area contributed by atoms with Crippen LogP contribution in [0.15, 0.2) is 36.7 Å². The van der Waals surface area contributed by atoms with Gasteiger partial charge in [0.05, 0.1) is 11.9 Å². The van der Waals surface area contributed by atoms with Crippen molar-refractivity contribution in [3.8, 4) is 11.4 Å². The van der Waals surface area contributed by atoms with E-state index in [0.29, 0.717) is 11.4 Å². The minimum absolute atomic E-state index is 0.275. The average molecular weight is 362 g/mol. The van der Waals surface area contributed by atoms with Crippen LogP contribution in [0.4, 0.5) is 5.69 Å². The number of carbonyl (C=O) groups excluding carboxylic acids is 1. The lowest BCUT2D eigenvalue weighted by Crippen LogP contribution is -2.14. The third kappa shape index (κ3) is 3.86. The molecule has 1 N–H and O–H groups in total. The van der Waals surface area contributed by atoms with Crippen molar-refractivity contribution in [2.75, 3.05) is 5.32 Å². The Labute approximate surface area is 157 Å². The number of benzene rings is 1. The predicted octanol–water partition coefficient (Wildman–Crippen LogP) is 3.41. The smallest absolute Gasteiger partial charge is 0.275 e. The third-order valence-corrected chi connectivity index (χ3v) is 4.77. The van der Waals surface area contributed by atoms with E-state index in [-0.39, 0.29) is 5.91 Å². The Bertz CT molecular complexity index is 930. The quantitative estimate of drug-likeness (QED) is 0.772. The monoisotopic (exact) mass is 362 g/mol. The summed E-state index contributed by atoms with van der Waals surface area (Å²) >= 11 is 0. The van der Waals surface area contributed by atoms with E-state index in [4.69, 9.17) is 0 Å². The summed E-state index contributed by atoms with van der Waals surface area (Å²) in [6, 6.07) is 7.68. The zero-order valence-electron chi connectivity index (χ0n) is 15.4. The standard InChI is InChI=1S/C20H22N6O/c1-14-12-22-17(13-21-14)20(27)23-16-9-7-15(8-10-16)19-25-24-18-6-4-2-3-5-11-26(18)19/h7-10,12-13H,2-6,11H2,1H3,(H,23,27). The first-order chi connectivity index (χ1) is 13.2. The highest BCUT2D eigenvalue weighted by molar-refractivity contribution is 6.02. The van der Waals surface area contributed by atoms with Gasteiger partial charge >= 0.3 is 0 Å². The molecule has 0 unspecified atom stereocenters. The Morgan fingerprint density at radius 3 is 2.59 bits per heavy atom. The molecule has 0 bridgehead atoms. The lowest BCUT2D eigenvalue weighted by Gasteiger charge is -2.13. The van der Waals surface area contributed by atoms with Gasteiger partial charge in [0.25, 0.3) is 5.91 Å². The summed E-state index contributed by atoms with van der Waals surface area (Å²) in [5.74, 6) is 1.69. The van der Waals surface area contributed by atoms with Crippen LogP contribution < -0.4 is 5.32 Å². The zero-order chi connectivity index (χ0) is 18.6. The van der Waals surface area contributed by atoms with E-state index in [1.807, 2.05) is 31.2 Å². The topological polar surface area (TPSA) is 85.6 Å². The molecule has 0 saturated heterocycles. The molecule has 0 fully saturated rings. The number of aryl methyl sites for hydroxylation is 2. The molecular formula is C20H22N6O. The summed E-state index contributed by atoms with van der Waals surface area (Å²) < 4.78 is 2.23. The summed E-state index contributed by atoms with van der Waals surface area (Å²) in [5.41, 5.74) is 2.78. The van der Waals surface area contributed by atoms with Gasteiger partial charge in [-0.1, -0.05) is 12.8 Å². The summed E-state index contributed by atoms with van der Waals surface area (Å²) in [5, 5.41) is 11.6. The number of nitrogens with one attached hydrogen (secondary N) is 1. The van der Waals surface area contributed by atoms with Crippen molar-refractivity contribution in [3.05, 3.63) is 53.9 Å². The van der Waals surface area contributed by atoms with Crippen LogP contribution in [0.25, 0.3) is 11.4 Å². The van der Waals surface area contributed by atoms with Crippen LogP contribution >= 0.6 is 0 Å². The van der Waals surface area contributed by atoms with Gasteiger partial charge in [-0.3, -0.25) is 9.78 Å². The van der Waals surface area contributed by atoms with E-state index in [0.717, 1.165) is 42.3 Å². The fourth-order valence-corrected chi connectivity index (χ4v) is 3.28. The lowest BCUT2D eigenvalue weighted by atomic mass is 10.1. The molecule has 0 saturated carbocycles. The number of hydrogen-bond donors (Lipinski definition) is 1. The molecule has 2 aromatic heterocycles. The van der Waals surface area contributed by atoms with E-state index in [1.165, 1.54) is 25.5 Å². The molecule has 0 aliphatic carbocycles. The van der Waals surface area contributed by atoms with E-state index in [2.05, 4.69) is 30.0 Å². The van der Waals surface area contributed by atoms with Gasteiger partial charge in [-0.25, -0.2) is 4.98 Å². The van der Waals surface area contributed by atoms with Crippen molar-refractivity contribution in [3.63, 3.8) is 0 Å². The number of aromatic nitrogens is 5. The van der Waals surface area contributed by atoms with Crippen LogP contribution in [0.1, 0.15) is 47.7 Å². The third-order valence-electron chi connectivity index (χ3n) is 4.77. The first-order valence-electron chi connectivity index (χ1n) is 9.33. The maximum absolute atomic E-state index is 12.3. The average Bonchev–Trinajstić information content (AvgIpc) is 3.04. The Balaban J connectivity index is 1.51. The van der Waals surface area contributed by atoms with Crippen molar-refractivity contribution >= 4 is 11.6 Å². The molecule has 7 nitrogen and oxygen atoms in total. The Morgan fingerprint density at radius 2 is 1.81 bits per heavy atom. The zero-order valence-corrected chi connectivity index (χ0v) is 15.4. The van der Waals surface area contributed by atoms with Crippen LogP contribution in [0.3, 0.4) is 0 Å². The minimum atomic E-state index is -0.275. The van der Waals surface area contributed by atoms with Crippen molar-refractivity contribution in [1.29, 1.82) is 0 Å². The molecule has 7 heteroatoms. The number of anilines is 1. The number of rotatable bonds is 3. The van der Waals surface area contributed by atoms with Crippen LogP contribution in [0.2, 0.25) is 0 Å². The van der Waals surface area contributed by atoms with E-state index >= 15 is 0 Å². The highest BCUT2D eigenvalue weighted by Crippen LogP contribution is 2.24. The molecule has 0 radical (unpaired) electrons. The molecule has 1 aliphatic rings. The highest BCUT2D eigenvalue weighted by Gasteiger charge is 2.15. The predicted molar refractivity (Wildman–Crippen MR) is 102 cm³/mol. The highest BCUT2D eigenvalue weighted by atomic mass is 16.1. The summed E-state index contributed by atoms with van der Waals surface area (Å²) in [6.07, 6.45) is 8.89. The molecule has 3 heterocycles. The minimum Gasteiger partial charge on any atom is -0.321 e. The van der Waals surface area contributed by atoms with Crippen molar-refractivity contribution in [2.45, 2.75) is 45.6 Å². The van der Waals surface area contributed by atoms with Gasteiger partial charge in [0, 0.05) is 30.4 Å². The number of nitrogens with zero attached hydrogens (tertiary/aromatic N) is 5. The van der Waals surface area contributed by atoms with Crippen LogP contribution in [0, 0.1) is 6.92 Å². The molecule has 1 aliphatic heterocycles. The molecule has 0 spiro atoms. The van der Waals surface area contributed by atoms with E-state index in [9.17, 15) is 4.79 Å². The second kappa shape index (κ2) is 7.65. The van der Waals surface area contributed by atoms with Gasteiger partial charge < -0.3 is 9.88 Å². The van der Waals surface area contributed by atoms with Gasteiger partial charge in [0.15, 0.2) is 5.82 Å². The maximum Gasteiger partial charge on any atom is 0.275 e. The Morgan fingerprint density at radius 1 is 1.00 bits per heavy atom. The lowest BCUT2D eigenvalue weighted by molar-refractivity contribution is 0.102. The summed E-state index contributed by atoms with van der Waals surface area (Å²) in [4.78, 5) is 20.5. The van der Waals surface area contributed by atoms with E-state index < -0.39 is 0 Å². The number of fused-ring (bicyclic) bond motifs is 1. The normalized spacial score (nSPS) is 14.1. The molecule has 4 rings (SSSR count). The van der Waals surface area contributed by atoms with Crippen LogP contribution in [-0.2, 0) is 13.0 Å². The second-order valence-corrected chi connectivity index (χ2v) is 6.83. The molecule has 3 aromatic rings.